The Labute approximate surface area is 75.7 Å². The van der Waals surface area contributed by atoms with E-state index in [1.165, 1.54) is 16.9 Å². The van der Waals surface area contributed by atoms with Gasteiger partial charge in [-0.3, -0.25) is 4.79 Å². The Bertz CT molecular complexity index is 399. The van der Waals surface area contributed by atoms with Gasteiger partial charge in [0.1, 0.15) is 0 Å². The summed E-state index contributed by atoms with van der Waals surface area (Å²) in [5, 5.41) is 6.45. The molecular weight excluding hydrogens is 192 g/mol. The Morgan fingerprint density at radius 2 is 1.77 bits per heavy atom. The van der Waals surface area contributed by atoms with Crippen LogP contribution in [0.2, 0.25) is 0 Å². The summed E-state index contributed by atoms with van der Waals surface area (Å²) in [6.07, 6.45) is 0. The van der Waals surface area contributed by atoms with E-state index >= 15 is 0 Å². The van der Waals surface area contributed by atoms with Gasteiger partial charge in [-0.2, -0.15) is 8.42 Å². The third kappa shape index (κ3) is 3.22. The Kier molecular flexibility index (Phi) is 2.64. The summed E-state index contributed by atoms with van der Waals surface area (Å²) >= 11 is 0. The summed E-state index contributed by atoms with van der Waals surface area (Å²) in [5.41, 5.74) is 0.207. The first-order chi connectivity index (χ1) is 5.99. The molecule has 1 amide bonds. The highest BCUT2D eigenvalue weighted by molar-refractivity contribution is 7.87. The second kappa shape index (κ2) is 3.55. The Morgan fingerprint density at radius 1 is 1.23 bits per heavy atom. The average molecular weight is 199 g/mol. The maximum Gasteiger partial charge on any atom is 0.315 e. The second-order valence-corrected chi connectivity index (χ2v) is 3.51. The summed E-state index contributed by atoms with van der Waals surface area (Å²) in [7, 11) is -4.22. The molecule has 1 rings (SSSR count). The first-order valence-corrected chi connectivity index (χ1v) is 4.84. The molecule has 0 aliphatic carbocycles. The van der Waals surface area contributed by atoms with Gasteiger partial charge in [-0.1, -0.05) is 18.2 Å². The quantitative estimate of drug-likeness (QED) is 0.724. The largest absolute Gasteiger partial charge is 0.315 e. The van der Waals surface area contributed by atoms with Gasteiger partial charge in [0.05, 0.1) is 0 Å². The maximum atomic E-state index is 11.1. The van der Waals surface area contributed by atoms with Gasteiger partial charge in [0.15, 0.2) is 0 Å². The number of hydrogen-bond donors (Lipinski definition) is 1. The fraction of sp³-hybridized carbons (Fsp3) is 0. The van der Waals surface area contributed by atoms with E-state index in [4.69, 9.17) is 5.14 Å². The van der Waals surface area contributed by atoms with Crippen LogP contribution in [-0.4, -0.2) is 14.3 Å². The minimum Gasteiger partial charge on any atom is -0.268 e. The van der Waals surface area contributed by atoms with Crippen LogP contribution in [0.3, 0.4) is 0 Å². The lowest BCUT2D eigenvalue weighted by Gasteiger charge is -2.00. The van der Waals surface area contributed by atoms with Crippen molar-refractivity contribution >= 4 is 16.1 Å². The molecule has 1 aromatic carbocycles. The molecule has 0 fully saturated rings. The molecule has 0 spiro atoms. The molecule has 0 saturated carbocycles. The smallest absolute Gasteiger partial charge is 0.268 e. The summed E-state index contributed by atoms with van der Waals surface area (Å²) in [5.74, 6) is -0.796. The minimum absolute atomic E-state index is 0.207. The number of hydrogen-bond acceptors (Lipinski definition) is 3. The van der Waals surface area contributed by atoms with Crippen molar-refractivity contribution in [1.29, 1.82) is 0 Å². The molecule has 0 bridgehead atoms. The maximum absolute atomic E-state index is 11.1. The SMILES string of the molecule is [NH]S(=O)(=O)NC(=O)c1ccccc1. The van der Waals surface area contributed by atoms with Crippen LogP contribution in [0.4, 0.5) is 0 Å². The molecule has 6 heteroatoms. The normalized spacial score (nSPS) is 10.8. The molecule has 0 aliphatic rings. The second-order valence-electron chi connectivity index (χ2n) is 2.30. The molecule has 0 atom stereocenters. The van der Waals surface area contributed by atoms with Crippen molar-refractivity contribution in [2.45, 2.75) is 0 Å². The highest BCUT2D eigenvalue weighted by atomic mass is 32.2. The Hall–Kier alpha value is -1.40. The van der Waals surface area contributed by atoms with Gasteiger partial charge < -0.3 is 0 Å². The molecule has 0 aliphatic heterocycles. The first kappa shape index (κ1) is 9.69. The third-order valence-electron chi connectivity index (χ3n) is 1.26. The minimum atomic E-state index is -4.22. The van der Waals surface area contributed by atoms with Crippen LogP contribution in [0.5, 0.6) is 0 Å². The first-order valence-electron chi connectivity index (χ1n) is 3.36. The topological polar surface area (TPSA) is 87.0 Å². The summed E-state index contributed by atoms with van der Waals surface area (Å²) in [6.45, 7) is 0. The van der Waals surface area contributed by atoms with Gasteiger partial charge in [0.25, 0.3) is 5.91 Å². The number of carbonyl (C=O) groups excluding carboxylic acids is 1. The van der Waals surface area contributed by atoms with E-state index in [2.05, 4.69) is 0 Å². The van der Waals surface area contributed by atoms with Crippen LogP contribution in [0.25, 0.3) is 0 Å². The van der Waals surface area contributed by atoms with E-state index in [0.717, 1.165) is 0 Å². The van der Waals surface area contributed by atoms with E-state index in [0.29, 0.717) is 0 Å². The number of carbonyl (C=O) groups is 1. The van der Waals surface area contributed by atoms with Gasteiger partial charge in [0.2, 0.25) is 0 Å². The van der Waals surface area contributed by atoms with Crippen molar-refractivity contribution < 1.29 is 13.2 Å². The molecule has 1 aromatic rings. The van der Waals surface area contributed by atoms with Gasteiger partial charge in [0, 0.05) is 5.56 Å². The molecule has 0 heterocycles. The summed E-state index contributed by atoms with van der Waals surface area (Å²) in [4.78, 5) is 11.1. The predicted molar refractivity (Wildman–Crippen MR) is 45.9 cm³/mol. The van der Waals surface area contributed by atoms with Gasteiger partial charge in [-0.05, 0) is 12.1 Å². The van der Waals surface area contributed by atoms with Gasteiger partial charge in [-0.15, -0.1) is 5.14 Å². The van der Waals surface area contributed by atoms with Gasteiger partial charge in [-0.25, -0.2) is 4.72 Å². The van der Waals surface area contributed by atoms with E-state index < -0.39 is 16.1 Å². The van der Waals surface area contributed by atoms with E-state index in [1.807, 2.05) is 0 Å². The van der Waals surface area contributed by atoms with Crippen LogP contribution >= 0.6 is 0 Å². The zero-order valence-electron chi connectivity index (χ0n) is 6.52. The highest BCUT2D eigenvalue weighted by Gasteiger charge is 2.10. The van der Waals surface area contributed by atoms with E-state index in [9.17, 15) is 13.2 Å². The lowest BCUT2D eigenvalue weighted by Crippen LogP contribution is -2.30. The zero-order chi connectivity index (χ0) is 9.90. The zero-order valence-corrected chi connectivity index (χ0v) is 7.34. The van der Waals surface area contributed by atoms with Crippen LogP contribution < -0.4 is 9.86 Å². The third-order valence-corrected chi connectivity index (χ3v) is 1.72. The van der Waals surface area contributed by atoms with E-state index in [1.54, 1.807) is 18.2 Å². The molecular formula is C7H7N2O3S. The number of rotatable bonds is 2. The van der Waals surface area contributed by atoms with Crippen molar-refractivity contribution in [2.75, 3.05) is 0 Å². The lowest BCUT2D eigenvalue weighted by molar-refractivity contribution is 0.0981. The molecule has 0 unspecified atom stereocenters. The molecule has 0 saturated heterocycles. The van der Waals surface area contributed by atoms with Crippen molar-refractivity contribution in [3.63, 3.8) is 0 Å². The monoisotopic (exact) mass is 199 g/mol. The standard InChI is InChI=1S/C7H7N2O3S/c8-13(11,12)9-7(10)6-4-2-1-3-5-6/h1-5,8H,(H,9,10). The fourth-order valence-electron chi connectivity index (χ4n) is 0.770. The lowest BCUT2D eigenvalue weighted by atomic mass is 10.2. The molecule has 1 radical (unpaired) electrons. The van der Waals surface area contributed by atoms with Crippen LogP contribution in [-0.2, 0) is 10.2 Å². The number of benzene rings is 1. The van der Waals surface area contributed by atoms with Crippen LogP contribution in [0, 0.1) is 0 Å². The van der Waals surface area contributed by atoms with Crippen molar-refractivity contribution in [3.05, 3.63) is 35.9 Å². The molecule has 0 aromatic heterocycles. The molecule has 69 valence electrons. The van der Waals surface area contributed by atoms with Gasteiger partial charge >= 0.3 is 10.2 Å². The van der Waals surface area contributed by atoms with Crippen molar-refractivity contribution in [3.8, 4) is 0 Å². The Morgan fingerprint density at radius 3 is 2.23 bits per heavy atom. The van der Waals surface area contributed by atoms with Crippen molar-refractivity contribution in [2.24, 2.45) is 0 Å². The van der Waals surface area contributed by atoms with Crippen LogP contribution in [0.15, 0.2) is 30.3 Å². The fourth-order valence-corrected chi connectivity index (χ4v) is 1.13. The number of nitrogens with one attached hydrogen (secondary N) is 2. The highest BCUT2D eigenvalue weighted by Crippen LogP contribution is 1.97. The molecule has 5 nitrogen and oxygen atoms in total. The van der Waals surface area contributed by atoms with E-state index in [-0.39, 0.29) is 5.56 Å². The Balaban J connectivity index is 2.82. The summed E-state index contributed by atoms with van der Waals surface area (Å²) in [6, 6.07) is 7.82. The molecule has 2 N–H and O–H groups in total. The molecule has 13 heavy (non-hydrogen) atoms. The van der Waals surface area contributed by atoms with Crippen LogP contribution in [0.1, 0.15) is 10.4 Å². The summed E-state index contributed by atoms with van der Waals surface area (Å²) < 4.78 is 22.2. The number of amides is 1. The predicted octanol–water partition coefficient (Wildman–Crippen LogP) is -0.0559. The average Bonchev–Trinajstić information content (AvgIpc) is 2.03. The van der Waals surface area contributed by atoms with Crippen molar-refractivity contribution in [1.82, 2.24) is 9.86 Å².